The first kappa shape index (κ1) is 14.5. The fourth-order valence-corrected chi connectivity index (χ4v) is 2.10. The summed E-state index contributed by atoms with van der Waals surface area (Å²) in [5.41, 5.74) is 1.78. The van der Waals surface area contributed by atoms with Crippen LogP contribution in [0.25, 0.3) is 0 Å². The van der Waals surface area contributed by atoms with Gasteiger partial charge in [-0.25, -0.2) is 4.39 Å². The zero-order valence-corrected chi connectivity index (χ0v) is 11.7. The van der Waals surface area contributed by atoms with Gasteiger partial charge in [-0.2, -0.15) is 0 Å². The van der Waals surface area contributed by atoms with Crippen molar-refractivity contribution >= 4 is 17.5 Å². The molecule has 1 N–H and O–H groups in total. The molecule has 0 aliphatic rings. The molecular weight excluding hydrogens is 277 g/mol. The number of carbonyl (C=O) groups excluding carboxylic acids is 1. The molecule has 2 rings (SSSR count). The van der Waals surface area contributed by atoms with Gasteiger partial charge in [0.1, 0.15) is 5.82 Å². The van der Waals surface area contributed by atoms with Crippen molar-refractivity contribution < 1.29 is 9.18 Å². The molecule has 2 aromatic carbocycles. The normalized spacial score (nSPS) is 10.3. The second-order valence-corrected chi connectivity index (χ2v) is 4.97. The molecule has 2 aromatic rings. The van der Waals surface area contributed by atoms with Gasteiger partial charge in [0.2, 0.25) is 5.91 Å². The van der Waals surface area contributed by atoms with Gasteiger partial charge in [0.05, 0.1) is 0 Å². The van der Waals surface area contributed by atoms with Gasteiger partial charge in [0, 0.05) is 18.0 Å². The van der Waals surface area contributed by atoms with Crippen LogP contribution in [-0.4, -0.2) is 5.91 Å². The summed E-state index contributed by atoms with van der Waals surface area (Å²) in [4.78, 5) is 11.7. The molecule has 0 aromatic heterocycles. The standard InChI is InChI=1S/C16H15ClFNO/c17-14-5-1-4-13(9-14)11-19-16(20)8-7-12-3-2-6-15(18)10-12/h1-6,9-10H,7-8,11H2,(H,19,20). The fraction of sp³-hybridized carbons (Fsp3) is 0.188. The van der Waals surface area contributed by atoms with Gasteiger partial charge in [-0.15, -0.1) is 0 Å². The minimum atomic E-state index is -0.276. The van der Waals surface area contributed by atoms with Crippen LogP contribution < -0.4 is 5.32 Å². The molecule has 0 unspecified atom stereocenters. The molecule has 0 atom stereocenters. The first-order chi connectivity index (χ1) is 9.63. The van der Waals surface area contributed by atoms with Gasteiger partial charge >= 0.3 is 0 Å². The van der Waals surface area contributed by atoms with E-state index in [1.54, 1.807) is 12.1 Å². The molecule has 0 aliphatic heterocycles. The predicted molar refractivity (Wildman–Crippen MR) is 78.0 cm³/mol. The van der Waals surface area contributed by atoms with E-state index in [2.05, 4.69) is 5.32 Å². The Morgan fingerprint density at radius 1 is 1.10 bits per heavy atom. The summed E-state index contributed by atoms with van der Waals surface area (Å²) < 4.78 is 13.0. The zero-order valence-electron chi connectivity index (χ0n) is 10.9. The van der Waals surface area contributed by atoms with Gasteiger partial charge in [0.25, 0.3) is 0 Å². The number of halogens is 2. The number of nitrogens with one attached hydrogen (secondary N) is 1. The van der Waals surface area contributed by atoms with E-state index in [0.717, 1.165) is 11.1 Å². The Labute approximate surface area is 122 Å². The van der Waals surface area contributed by atoms with Crippen molar-refractivity contribution in [1.29, 1.82) is 0 Å². The lowest BCUT2D eigenvalue weighted by Gasteiger charge is -2.06. The van der Waals surface area contributed by atoms with Crippen LogP contribution in [0.1, 0.15) is 17.5 Å². The highest BCUT2D eigenvalue weighted by Crippen LogP contribution is 2.10. The molecule has 0 saturated carbocycles. The molecule has 1 amide bonds. The fourth-order valence-electron chi connectivity index (χ4n) is 1.89. The maximum absolute atomic E-state index is 13.0. The third-order valence-corrected chi connectivity index (χ3v) is 3.14. The van der Waals surface area contributed by atoms with E-state index in [1.807, 2.05) is 24.3 Å². The molecular formula is C16H15ClFNO. The monoisotopic (exact) mass is 291 g/mol. The number of carbonyl (C=O) groups is 1. The minimum Gasteiger partial charge on any atom is -0.352 e. The van der Waals surface area contributed by atoms with E-state index >= 15 is 0 Å². The molecule has 2 nitrogen and oxygen atoms in total. The van der Waals surface area contributed by atoms with Crippen LogP contribution in [0.3, 0.4) is 0 Å². The third-order valence-electron chi connectivity index (χ3n) is 2.91. The summed E-state index contributed by atoms with van der Waals surface area (Å²) in [5.74, 6) is -0.337. The summed E-state index contributed by atoms with van der Waals surface area (Å²) in [6.07, 6.45) is 0.864. The van der Waals surface area contributed by atoms with Gasteiger partial charge in [-0.1, -0.05) is 35.9 Å². The number of benzene rings is 2. The maximum Gasteiger partial charge on any atom is 0.220 e. The van der Waals surface area contributed by atoms with Crippen molar-refractivity contribution in [3.63, 3.8) is 0 Å². The Balaban J connectivity index is 1.78. The van der Waals surface area contributed by atoms with E-state index in [1.165, 1.54) is 12.1 Å². The number of hydrogen-bond donors (Lipinski definition) is 1. The predicted octanol–water partition coefficient (Wildman–Crippen LogP) is 3.73. The average molecular weight is 292 g/mol. The van der Waals surface area contributed by atoms with Crippen LogP contribution in [0.2, 0.25) is 5.02 Å². The van der Waals surface area contributed by atoms with Crippen LogP contribution >= 0.6 is 11.6 Å². The molecule has 0 aliphatic carbocycles. The summed E-state index contributed by atoms with van der Waals surface area (Å²) in [6, 6.07) is 13.6. The first-order valence-electron chi connectivity index (χ1n) is 6.39. The lowest BCUT2D eigenvalue weighted by molar-refractivity contribution is -0.121. The van der Waals surface area contributed by atoms with E-state index in [4.69, 9.17) is 11.6 Å². The van der Waals surface area contributed by atoms with E-state index in [-0.39, 0.29) is 11.7 Å². The summed E-state index contributed by atoms with van der Waals surface area (Å²) in [5, 5.41) is 3.47. The van der Waals surface area contributed by atoms with Crippen LogP contribution in [-0.2, 0) is 17.8 Å². The highest BCUT2D eigenvalue weighted by molar-refractivity contribution is 6.30. The molecule has 0 saturated heterocycles. The molecule has 0 spiro atoms. The molecule has 20 heavy (non-hydrogen) atoms. The number of hydrogen-bond acceptors (Lipinski definition) is 1. The van der Waals surface area contributed by atoms with Crippen molar-refractivity contribution in [1.82, 2.24) is 5.32 Å². The topological polar surface area (TPSA) is 29.1 Å². The van der Waals surface area contributed by atoms with Gasteiger partial charge in [-0.3, -0.25) is 4.79 Å². The number of rotatable bonds is 5. The minimum absolute atomic E-state index is 0.0609. The lowest BCUT2D eigenvalue weighted by atomic mass is 10.1. The van der Waals surface area contributed by atoms with Crippen molar-refractivity contribution in [3.05, 3.63) is 70.5 Å². The lowest BCUT2D eigenvalue weighted by Crippen LogP contribution is -2.22. The average Bonchev–Trinajstić information content (AvgIpc) is 2.43. The van der Waals surface area contributed by atoms with E-state index in [0.29, 0.717) is 24.4 Å². The van der Waals surface area contributed by atoms with Crippen molar-refractivity contribution in [2.75, 3.05) is 0 Å². The highest BCUT2D eigenvalue weighted by Gasteiger charge is 2.03. The highest BCUT2D eigenvalue weighted by atomic mass is 35.5. The Bertz CT molecular complexity index is 549. The van der Waals surface area contributed by atoms with Crippen molar-refractivity contribution in [3.8, 4) is 0 Å². The van der Waals surface area contributed by atoms with Crippen molar-refractivity contribution in [2.24, 2.45) is 0 Å². The SMILES string of the molecule is O=C(CCc1cccc(F)c1)NCc1cccc(Cl)c1. The van der Waals surface area contributed by atoms with Crippen LogP contribution in [0, 0.1) is 5.82 Å². The van der Waals surface area contributed by atoms with E-state index in [9.17, 15) is 9.18 Å². The molecule has 0 fully saturated rings. The maximum atomic E-state index is 13.0. The molecule has 104 valence electrons. The summed E-state index contributed by atoms with van der Waals surface area (Å²) >= 11 is 5.87. The molecule has 4 heteroatoms. The zero-order chi connectivity index (χ0) is 14.4. The molecule has 0 heterocycles. The third kappa shape index (κ3) is 4.67. The first-order valence-corrected chi connectivity index (χ1v) is 6.77. The number of aryl methyl sites for hydroxylation is 1. The number of amides is 1. The van der Waals surface area contributed by atoms with E-state index < -0.39 is 0 Å². The van der Waals surface area contributed by atoms with Gasteiger partial charge in [-0.05, 0) is 41.8 Å². The van der Waals surface area contributed by atoms with Crippen LogP contribution in [0.15, 0.2) is 48.5 Å². The van der Waals surface area contributed by atoms with Crippen LogP contribution in [0.4, 0.5) is 4.39 Å². The molecule has 0 bridgehead atoms. The van der Waals surface area contributed by atoms with Gasteiger partial charge in [0.15, 0.2) is 0 Å². The largest absolute Gasteiger partial charge is 0.352 e. The van der Waals surface area contributed by atoms with Crippen LogP contribution in [0.5, 0.6) is 0 Å². The van der Waals surface area contributed by atoms with Gasteiger partial charge < -0.3 is 5.32 Å². The smallest absolute Gasteiger partial charge is 0.220 e. The second-order valence-electron chi connectivity index (χ2n) is 4.54. The quantitative estimate of drug-likeness (QED) is 0.893. The Morgan fingerprint density at radius 3 is 2.60 bits per heavy atom. The van der Waals surface area contributed by atoms with Crippen molar-refractivity contribution in [2.45, 2.75) is 19.4 Å². The second kappa shape index (κ2) is 7.06. The molecule has 0 radical (unpaired) electrons. The summed E-state index contributed by atoms with van der Waals surface area (Å²) in [7, 11) is 0. The Morgan fingerprint density at radius 2 is 1.85 bits per heavy atom. The summed E-state index contributed by atoms with van der Waals surface area (Å²) in [6.45, 7) is 0.447. The Kier molecular flexibility index (Phi) is 5.13. The Hall–Kier alpha value is -1.87.